The predicted molar refractivity (Wildman–Crippen MR) is 256 cm³/mol. The van der Waals surface area contributed by atoms with Crippen molar-refractivity contribution in [3.63, 3.8) is 0 Å². The predicted octanol–water partition coefficient (Wildman–Crippen LogP) is 2.36. The number of cyclic esters (lactones) is 1. The molecular formula is C50H73N5O17. The number of aliphatic hydroxyl groups is 3. The summed E-state index contributed by atoms with van der Waals surface area (Å²) in [4.78, 5) is 51.5. The van der Waals surface area contributed by atoms with Crippen molar-refractivity contribution in [2.24, 2.45) is 34.6 Å². The molecule has 1 amide bonds. The molecule has 72 heavy (non-hydrogen) atoms. The van der Waals surface area contributed by atoms with Gasteiger partial charge in [0.1, 0.15) is 41.5 Å². The zero-order chi connectivity index (χ0) is 52.2. The fourth-order valence-corrected chi connectivity index (χ4v) is 9.51. The highest BCUT2D eigenvalue weighted by molar-refractivity contribution is 5.92. The molecule has 6 rings (SSSR count). The highest BCUT2D eigenvalue weighted by atomic mass is 16.7. The van der Waals surface area contributed by atoms with E-state index in [1.165, 1.54) is 26.4 Å². The Labute approximate surface area is 420 Å². The molecule has 0 spiro atoms. The number of primary amides is 1. The van der Waals surface area contributed by atoms with Gasteiger partial charge in [0.2, 0.25) is 0 Å². The van der Waals surface area contributed by atoms with E-state index in [1.54, 1.807) is 57.1 Å². The Bertz CT molecular complexity index is 2190. The lowest BCUT2D eigenvalue weighted by atomic mass is 9.79. The summed E-state index contributed by atoms with van der Waals surface area (Å²) in [5.74, 6) is -3.21. The molecule has 3 fully saturated rings. The second-order valence-electron chi connectivity index (χ2n) is 19.3. The second-order valence-corrected chi connectivity index (χ2v) is 19.3. The minimum absolute atomic E-state index is 0.000137. The molecule has 0 saturated carbocycles. The summed E-state index contributed by atoms with van der Waals surface area (Å²) in [6, 6.07) is 5.63. The van der Waals surface area contributed by atoms with Crippen LogP contribution in [0, 0.1) is 23.7 Å². The third-order valence-electron chi connectivity index (χ3n) is 13.6. The number of allylic oxidation sites excluding steroid dienone is 3. The van der Waals surface area contributed by atoms with E-state index in [-0.39, 0.29) is 57.5 Å². The van der Waals surface area contributed by atoms with Crippen LogP contribution >= 0.6 is 0 Å². The summed E-state index contributed by atoms with van der Waals surface area (Å²) in [7, 11) is 6.43. The minimum atomic E-state index is -1.29. The van der Waals surface area contributed by atoms with Crippen LogP contribution in [0.3, 0.4) is 0 Å². The Morgan fingerprint density at radius 3 is 2.39 bits per heavy atom. The van der Waals surface area contributed by atoms with Gasteiger partial charge in [-0.3, -0.25) is 14.4 Å². The van der Waals surface area contributed by atoms with Crippen LogP contribution < -0.4 is 5.73 Å². The Kier molecular flexibility index (Phi) is 21.0. The number of ketones is 1. The number of ether oxygens (including phenoxy) is 9. The fraction of sp³-hybridized carbons (Fsp3) is 0.680. The molecule has 22 heteroatoms. The van der Waals surface area contributed by atoms with Crippen molar-refractivity contribution < 1.29 is 81.7 Å². The molecule has 1 unspecified atom stereocenters. The van der Waals surface area contributed by atoms with Gasteiger partial charge in [0, 0.05) is 44.6 Å². The molecule has 4 aliphatic heterocycles. The van der Waals surface area contributed by atoms with E-state index in [0.717, 1.165) is 0 Å². The topological polar surface area (TPSA) is 285 Å². The van der Waals surface area contributed by atoms with Crippen LogP contribution in [0.1, 0.15) is 70.1 Å². The van der Waals surface area contributed by atoms with Crippen LogP contribution in [-0.2, 0) is 63.7 Å². The largest absolute Gasteiger partial charge is 0.465 e. The molecule has 0 radical (unpaired) electrons. The van der Waals surface area contributed by atoms with Gasteiger partial charge in [-0.1, -0.05) is 48.0 Å². The number of methoxy groups -OCH3 is 2. The number of carbonyl (C=O) groups is 3. The first-order chi connectivity index (χ1) is 34.4. The van der Waals surface area contributed by atoms with Gasteiger partial charge in [-0.05, 0) is 71.8 Å². The third-order valence-corrected chi connectivity index (χ3v) is 13.6. The maximum atomic E-state index is 14.2. The molecule has 2 aromatic rings. The monoisotopic (exact) mass is 1020 g/mol. The van der Waals surface area contributed by atoms with Gasteiger partial charge in [0.15, 0.2) is 30.7 Å². The summed E-state index contributed by atoms with van der Waals surface area (Å²) < 4.78 is 60.7. The van der Waals surface area contributed by atoms with Crippen LogP contribution in [0.4, 0.5) is 0 Å². The minimum Gasteiger partial charge on any atom is -0.465 e. The molecule has 5 N–H and O–H groups in total. The van der Waals surface area contributed by atoms with Crippen LogP contribution in [0.25, 0.3) is 11.4 Å². The number of rotatable bonds is 13. The standard InChI is InChI=1S/C50H73N5O17/c1-26-13-14-38(56)27(2)18-32-15-16-64-23-33(53-68-25-34-19-37(54-72-34)35-11-10-12-36(52-35)48(51)61)24-65-39(28(3)45(32)71-49-44(60)41(55(6)7)42(58)29(4)69-49)20-40(57)66-21-31(17-26)22-67-50-47(63-9)46(62-8)43(59)30(5)70-50/h10-14,17,19,27-32,39,41-47,49-50,58-60H,15-16,18,20-25H2,1-9H3,(H2,51,61)/b14-13+,26-17+,53-33+/t27-,28+,29-,30-,31+,32?,39-,41+,42-,43-,44-,45-,46-,47-,49+,50-/m1/s1. The number of fused-ring (bicyclic) bond motifs is 3. The maximum Gasteiger partial charge on any atom is 0.308 e. The number of amides is 1. The lowest BCUT2D eigenvalue weighted by Crippen LogP contribution is -2.63. The molecule has 2 aromatic heterocycles. The molecule has 6 heterocycles. The summed E-state index contributed by atoms with van der Waals surface area (Å²) >= 11 is 0. The van der Waals surface area contributed by atoms with Crippen LogP contribution in [0.15, 0.2) is 57.7 Å². The fourth-order valence-electron chi connectivity index (χ4n) is 9.51. The van der Waals surface area contributed by atoms with Crippen molar-refractivity contribution in [3.05, 3.63) is 59.5 Å². The first-order valence-corrected chi connectivity index (χ1v) is 24.4. The van der Waals surface area contributed by atoms with E-state index >= 15 is 0 Å². The normalized spacial score (nSPS) is 36.6. The van der Waals surface area contributed by atoms with Crippen molar-refractivity contribution >= 4 is 23.4 Å². The zero-order valence-corrected chi connectivity index (χ0v) is 42.6. The highest BCUT2D eigenvalue weighted by Crippen LogP contribution is 2.36. The van der Waals surface area contributed by atoms with Gasteiger partial charge < -0.3 is 77.9 Å². The molecule has 2 bridgehead atoms. The van der Waals surface area contributed by atoms with Crippen molar-refractivity contribution in [3.8, 4) is 11.4 Å². The molecule has 0 aliphatic carbocycles. The van der Waals surface area contributed by atoms with E-state index in [1.807, 2.05) is 26.8 Å². The number of nitrogens with two attached hydrogens (primary N) is 1. The number of carbonyl (C=O) groups excluding carboxylic acids is 3. The molecule has 4 aliphatic rings. The summed E-state index contributed by atoms with van der Waals surface area (Å²) in [6.07, 6.45) is -4.47. The average molecular weight is 1020 g/mol. The number of likely N-dealkylation sites (N-methyl/N-ethyl adjacent to an activating group) is 1. The van der Waals surface area contributed by atoms with Crippen molar-refractivity contribution in [1.82, 2.24) is 15.0 Å². The number of aliphatic hydroxyl groups excluding tert-OH is 3. The Balaban J connectivity index is 1.28. The van der Waals surface area contributed by atoms with Gasteiger partial charge in [-0.2, -0.15) is 0 Å². The van der Waals surface area contributed by atoms with Crippen LogP contribution in [0.5, 0.6) is 0 Å². The van der Waals surface area contributed by atoms with Crippen LogP contribution in [-0.4, -0.2) is 189 Å². The first kappa shape index (κ1) is 56.7. The molecule has 0 aromatic carbocycles. The molecular weight excluding hydrogens is 943 g/mol. The van der Waals surface area contributed by atoms with Gasteiger partial charge in [0.05, 0.1) is 75.1 Å². The molecule has 400 valence electrons. The molecule has 22 nitrogen and oxygen atoms in total. The zero-order valence-electron chi connectivity index (χ0n) is 42.6. The number of esters is 1. The van der Waals surface area contributed by atoms with E-state index in [9.17, 15) is 29.7 Å². The number of aromatic nitrogens is 2. The van der Waals surface area contributed by atoms with Gasteiger partial charge in [-0.15, -0.1) is 0 Å². The molecule has 16 atom stereocenters. The Morgan fingerprint density at radius 2 is 1.67 bits per heavy atom. The number of pyridine rings is 1. The van der Waals surface area contributed by atoms with E-state index < -0.39 is 109 Å². The first-order valence-electron chi connectivity index (χ1n) is 24.4. The lowest BCUT2D eigenvalue weighted by Gasteiger charge is -2.47. The summed E-state index contributed by atoms with van der Waals surface area (Å²) in [5, 5.41) is 41.9. The van der Waals surface area contributed by atoms with Crippen molar-refractivity contribution in [1.29, 1.82) is 0 Å². The average Bonchev–Trinajstić information content (AvgIpc) is 3.82. The number of hydrogen-bond donors (Lipinski definition) is 4. The van der Waals surface area contributed by atoms with Gasteiger partial charge >= 0.3 is 5.97 Å². The van der Waals surface area contributed by atoms with Crippen molar-refractivity contribution in [2.75, 3.05) is 61.3 Å². The summed E-state index contributed by atoms with van der Waals surface area (Å²) in [5.41, 5.74) is 7.24. The smallest absolute Gasteiger partial charge is 0.308 e. The van der Waals surface area contributed by atoms with Gasteiger partial charge in [-0.25, -0.2) is 4.98 Å². The number of oxime groups is 1. The maximum absolute atomic E-state index is 14.2. The Morgan fingerprint density at radius 1 is 0.931 bits per heavy atom. The number of nitrogens with zero attached hydrogens (tertiary/aromatic N) is 4. The second kappa shape index (κ2) is 26.6. The Hall–Kier alpha value is -4.56. The lowest BCUT2D eigenvalue weighted by molar-refractivity contribution is -0.305. The SMILES string of the molecule is CO[C@@H]1[C@H](O)[C@@H](C)O[C@@H](OC[C@H]2/C=C(C)/C=C/C(=O)[C@H](C)CC3CCOC/C(=N\OCc4cc(-c5cccc(C(N)=O)n5)no4)CO[C@H](CC(=O)OC2)[C@H](C)[C@H]3O[C@@H]2O[C@H](C)[C@@H](O)[C@H](N(C)C)[C@H]2O)[C@@H]1OC. The van der Waals surface area contributed by atoms with Crippen molar-refractivity contribution in [2.45, 2.75) is 134 Å². The highest BCUT2D eigenvalue weighted by Gasteiger charge is 2.48. The summed E-state index contributed by atoms with van der Waals surface area (Å²) in [6.45, 7) is 8.68. The van der Waals surface area contributed by atoms with E-state index in [0.29, 0.717) is 41.3 Å². The third kappa shape index (κ3) is 14.8. The quantitative estimate of drug-likeness (QED) is 0.165. The molecule has 3 saturated heterocycles. The van der Waals surface area contributed by atoms with Gasteiger partial charge in [0.25, 0.3) is 5.91 Å². The van der Waals surface area contributed by atoms with E-state index in [4.69, 9.17) is 57.7 Å². The number of hydrogen-bond acceptors (Lipinski definition) is 21. The van der Waals surface area contributed by atoms with E-state index in [2.05, 4.69) is 15.3 Å². The van der Waals surface area contributed by atoms with Crippen LogP contribution in [0.2, 0.25) is 0 Å².